The van der Waals surface area contributed by atoms with Crippen molar-refractivity contribution in [3.05, 3.63) is 53.2 Å². The molecule has 0 spiro atoms. The molecular formula is C35H46N2O5S. The number of aryl methyl sites for hydroxylation is 1. The molecule has 2 aromatic carbocycles. The lowest BCUT2D eigenvalue weighted by Gasteiger charge is -2.31. The predicted octanol–water partition coefficient (Wildman–Crippen LogP) is 7.93. The van der Waals surface area contributed by atoms with Gasteiger partial charge in [-0.2, -0.15) is 0 Å². The highest BCUT2D eigenvalue weighted by atomic mass is 32.1. The lowest BCUT2D eigenvalue weighted by Crippen LogP contribution is -2.26. The quantitative estimate of drug-likeness (QED) is 0.204. The Balaban J connectivity index is 1.43. The second kappa shape index (κ2) is 15.1. The SMILES string of the molecule is COc1ncc(-c2c(OCCCO)ccc(NC(=O)C3CCCCC3)c2CC2CCC(c3ccc(OC)c(C)c3)CC2)s1. The van der Waals surface area contributed by atoms with E-state index in [2.05, 4.69) is 35.4 Å². The number of hydrogen-bond donors (Lipinski definition) is 2. The molecule has 1 amide bonds. The van der Waals surface area contributed by atoms with E-state index in [4.69, 9.17) is 14.2 Å². The van der Waals surface area contributed by atoms with E-state index in [-0.39, 0.29) is 18.4 Å². The average molecular weight is 607 g/mol. The van der Waals surface area contributed by atoms with Gasteiger partial charge in [-0.1, -0.05) is 42.7 Å². The smallest absolute Gasteiger partial charge is 0.273 e. The van der Waals surface area contributed by atoms with Crippen molar-refractivity contribution in [1.29, 1.82) is 0 Å². The van der Waals surface area contributed by atoms with Crippen LogP contribution in [0.25, 0.3) is 10.4 Å². The summed E-state index contributed by atoms with van der Waals surface area (Å²) in [6.45, 7) is 2.60. The van der Waals surface area contributed by atoms with Gasteiger partial charge in [0.2, 0.25) is 5.91 Å². The fourth-order valence-electron chi connectivity index (χ4n) is 6.80. The topological polar surface area (TPSA) is 89.9 Å². The fourth-order valence-corrected chi connectivity index (χ4v) is 7.61. The summed E-state index contributed by atoms with van der Waals surface area (Å²) in [7, 11) is 3.36. The van der Waals surface area contributed by atoms with Crippen molar-refractivity contribution in [2.24, 2.45) is 11.8 Å². The molecule has 7 nitrogen and oxygen atoms in total. The zero-order valence-corrected chi connectivity index (χ0v) is 26.6. The van der Waals surface area contributed by atoms with Crippen LogP contribution in [-0.2, 0) is 11.2 Å². The zero-order chi connectivity index (χ0) is 30.2. The van der Waals surface area contributed by atoms with Crippen molar-refractivity contribution in [3.8, 4) is 27.1 Å². The Bertz CT molecular complexity index is 1360. The Hall–Kier alpha value is -3.10. The predicted molar refractivity (Wildman–Crippen MR) is 173 cm³/mol. The molecule has 0 bridgehead atoms. The molecule has 0 unspecified atom stereocenters. The highest BCUT2D eigenvalue weighted by Crippen LogP contribution is 2.45. The molecule has 232 valence electrons. The van der Waals surface area contributed by atoms with Crippen LogP contribution in [0.3, 0.4) is 0 Å². The van der Waals surface area contributed by atoms with Crippen LogP contribution in [0.2, 0.25) is 0 Å². The molecule has 0 aliphatic heterocycles. The standard InChI is InChI=1S/C35H46N2O5S/c1-23-20-27(14-16-30(23)40-2)25-12-10-24(11-13-25)21-28-29(37-34(39)26-8-5-4-6-9-26)15-17-31(42-19-7-18-38)33(28)32-22-36-35(41-3)43-32/h14-17,20,22,24-26,38H,4-13,18-19,21H2,1-3H3,(H,37,39). The van der Waals surface area contributed by atoms with E-state index in [1.165, 1.54) is 28.9 Å². The number of thiazole rings is 1. The van der Waals surface area contributed by atoms with E-state index in [1.807, 2.05) is 18.3 Å². The van der Waals surface area contributed by atoms with Crippen LogP contribution >= 0.6 is 11.3 Å². The number of anilines is 1. The minimum atomic E-state index is 0.0671. The molecule has 1 aromatic heterocycles. The van der Waals surface area contributed by atoms with Crippen LogP contribution in [-0.4, -0.2) is 43.4 Å². The lowest BCUT2D eigenvalue weighted by molar-refractivity contribution is -0.120. The third-order valence-electron chi connectivity index (χ3n) is 9.20. The van der Waals surface area contributed by atoms with Gasteiger partial charge in [0.15, 0.2) is 0 Å². The molecule has 5 rings (SSSR count). The van der Waals surface area contributed by atoms with Gasteiger partial charge in [0.05, 0.1) is 25.7 Å². The number of carbonyl (C=O) groups is 1. The van der Waals surface area contributed by atoms with Crippen molar-refractivity contribution >= 4 is 22.9 Å². The van der Waals surface area contributed by atoms with Crippen LogP contribution < -0.4 is 19.5 Å². The first-order valence-corrected chi connectivity index (χ1v) is 16.7. The first-order valence-electron chi connectivity index (χ1n) is 15.9. The highest BCUT2D eigenvalue weighted by Gasteiger charge is 2.28. The third kappa shape index (κ3) is 7.71. The monoisotopic (exact) mass is 606 g/mol. The first kappa shape index (κ1) is 31.3. The minimum absolute atomic E-state index is 0.0671. The Morgan fingerprint density at radius 1 is 1.00 bits per heavy atom. The molecule has 2 fully saturated rings. The molecule has 2 aliphatic rings. The van der Waals surface area contributed by atoms with Crippen molar-refractivity contribution in [2.75, 3.05) is 32.8 Å². The van der Waals surface area contributed by atoms with Crippen LogP contribution in [0, 0.1) is 18.8 Å². The molecule has 8 heteroatoms. The van der Waals surface area contributed by atoms with Gasteiger partial charge in [0.1, 0.15) is 11.5 Å². The van der Waals surface area contributed by atoms with Gasteiger partial charge in [-0.15, -0.1) is 0 Å². The Kier molecular flexibility index (Phi) is 11.0. The number of carbonyl (C=O) groups excluding carboxylic acids is 1. The number of nitrogens with one attached hydrogen (secondary N) is 1. The summed E-state index contributed by atoms with van der Waals surface area (Å²) in [5, 5.41) is 13.3. The second-order valence-electron chi connectivity index (χ2n) is 12.1. The summed E-state index contributed by atoms with van der Waals surface area (Å²) in [6.07, 6.45) is 13.1. The summed E-state index contributed by atoms with van der Waals surface area (Å²) in [4.78, 5) is 18.9. The van der Waals surface area contributed by atoms with Gasteiger partial charge in [-0.05, 0) is 98.6 Å². The number of aromatic nitrogens is 1. The number of aliphatic hydroxyl groups is 1. The van der Waals surface area contributed by atoms with E-state index >= 15 is 0 Å². The van der Waals surface area contributed by atoms with Gasteiger partial charge in [0.25, 0.3) is 5.19 Å². The first-order chi connectivity index (χ1) is 21.0. The fraction of sp³-hybridized carbons (Fsp3) is 0.543. The molecule has 0 radical (unpaired) electrons. The summed E-state index contributed by atoms with van der Waals surface area (Å²) < 4.78 is 17.2. The molecular weight excluding hydrogens is 560 g/mol. The largest absolute Gasteiger partial charge is 0.496 e. The van der Waals surface area contributed by atoms with Gasteiger partial charge in [-0.3, -0.25) is 4.79 Å². The maximum Gasteiger partial charge on any atom is 0.273 e. The van der Waals surface area contributed by atoms with Crippen LogP contribution in [0.5, 0.6) is 16.7 Å². The van der Waals surface area contributed by atoms with Crippen molar-refractivity contribution in [1.82, 2.24) is 4.98 Å². The Morgan fingerprint density at radius 2 is 1.77 bits per heavy atom. The Morgan fingerprint density at radius 3 is 2.44 bits per heavy atom. The number of methoxy groups -OCH3 is 2. The molecule has 1 heterocycles. The van der Waals surface area contributed by atoms with E-state index in [0.717, 1.165) is 91.0 Å². The maximum absolute atomic E-state index is 13.5. The lowest BCUT2D eigenvalue weighted by atomic mass is 9.75. The summed E-state index contributed by atoms with van der Waals surface area (Å²) in [5.74, 6) is 2.92. The second-order valence-corrected chi connectivity index (χ2v) is 13.1. The number of nitrogens with zero attached hydrogens (tertiary/aromatic N) is 1. The van der Waals surface area contributed by atoms with Crippen LogP contribution in [0.4, 0.5) is 5.69 Å². The maximum atomic E-state index is 13.5. The van der Waals surface area contributed by atoms with Gasteiger partial charge < -0.3 is 24.6 Å². The van der Waals surface area contributed by atoms with Gasteiger partial charge in [0, 0.05) is 36.4 Å². The molecule has 43 heavy (non-hydrogen) atoms. The average Bonchev–Trinajstić information content (AvgIpc) is 3.52. The van der Waals surface area contributed by atoms with E-state index in [1.54, 1.807) is 14.2 Å². The molecule has 0 atom stereocenters. The molecule has 0 saturated heterocycles. The highest BCUT2D eigenvalue weighted by molar-refractivity contribution is 7.16. The number of ether oxygens (including phenoxy) is 3. The van der Waals surface area contributed by atoms with Crippen molar-refractivity contribution in [2.45, 2.75) is 83.5 Å². The summed E-state index contributed by atoms with van der Waals surface area (Å²) >= 11 is 1.49. The summed E-state index contributed by atoms with van der Waals surface area (Å²) in [6, 6.07) is 10.6. The third-order valence-corrected chi connectivity index (χ3v) is 10.2. The molecule has 3 aromatic rings. The van der Waals surface area contributed by atoms with Gasteiger partial charge >= 0.3 is 0 Å². The summed E-state index contributed by atoms with van der Waals surface area (Å²) in [5.41, 5.74) is 5.55. The van der Waals surface area contributed by atoms with Crippen molar-refractivity contribution in [3.63, 3.8) is 0 Å². The number of hydrogen-bond acceptors (Lipinski definition) is 7. The normalized spacial score (nSPS) is 19.2. The van der Waals surface area contributed by atoms with Gasteiger partial charge in [-0.25, -0.2) is 4.98 Å². The van der Waals surface area contributed by atoms with Crippen LogP contribution in [0.15, 0.2) is 36.5 Å². The van der Waals surface area contributed by atoms with Crippen LogP contribution in [0.1, 0.15) is 86.8 Å². The van der Waals surface area contributed by atoms with Crippen molar-refractivity contribution < 1.29 is 24.1 Å². The Labute approximate surface area is 260 Å². The molecule has 2 N–H and O–H groups in total. The zero-order valence-electron chi connectivity index (χ0n) is 25.8. The number of amides is 1. The minimum Gasteiger partial charge on any atom is -0.496 e. The van der Waals surface area contributed by atoms with E-state index in [9.17, 15) is 9.90 Å². The number of benzene rings is 2. The number of rotatable bonds is 12. The van der Waals surface area contributed by atoms with E-state index in [0.29, 0.717) is 30.1 Å². The number of aliphatic hydroxyl groups excluding tert-OH is 1. The molecule has 2 aliphatic carbocycles. The van der Waals surface area contributed by atoms with E-state index < -0.39 is 0 Å². The molecule has 2 saturated carbocycles.